The number of aliphatic hydroxyl groups is 2. The number of likely N-dealkylation sites (N-methyl/N-ethyl adjacent to an activating group) is 1. The second-order valence-electron chi connectivity index (χ2n) is 7.12. The van der Waals surface area contributed by atoms with Crippen molar-refractivity contribution in [2.24, 2.45) is 0 Å². The lowest BCUT2D eigenvalue weighted by Gasteiger charge is -2.26. The minimum absolute atomic E-state index is 0.0277. The molecule has 0 spiro atoms. The van der Waals surface area contributed by atoms with E-state index < -0.39 is 18.8 Å². The molecule has 0 radical (unpaired) electrons. The van der Waals surface area contributed by atoms with Gasteiger partial charge in [0.25, 0.3) is 0 Å². The van der Waals surface area contributed by atoms with Crippen LogP contribution in [0.4, 0.5) is 9.80 Å². The van der Waals surface area contributed by atoms with Crippen LogP contribution in [0.5, 0.6) is 0 Å². The highest BCUT2D eigenvalue weighted by atomic mass is 32.1. The molecule has 1 aliphatic carbocycles. The molecule has 2 aromatic heterocycles. The van der Waals surface area contributed by atoms with Crippen molar-refractivity contribution in [2.75, 3.05) is 25.5 Å². The van der Waals surface area contributed by atoms with Gasteiger partial charge in [-0.3, -0.25) is 4.79 Å². The second kappa shape index (κ2) is 10.5. The van der Waals surface area contributed by atoms with E-state index in [-0.39, 0.29) is 18.6 Å². The molecular weight excluding hydrogens is 438 g/mol. The Balaban J connectivity index is 1.64. The highest BCUT2D eigenvalue weighted by Gasteiger charge is 2.29. The molecule has 31 heavy (non-hydrogen) atoms. The van der Waals surface area contributed by atoms with E-state index in [0.717, 1.165) is 15.3 Å². The van der Waals surface area contributed by atoms with Crippen molar-refractivity contribution in [2.45, 2.75) is 31.5 Å². The van der Waals surface area contributed by atoms with E-state index in [1.165, 1.54) is 40.7 Å². The highest BCUT2D eigenvalue weighted by molar-refractivity contribution is 7.16. The number of carbonyl (C=O) groups excluding carboxylic acids is 2. The zero-order valence-corrected chi connectivity index (χ0v) is 18.5. The van der Waals surface area contributed by atoms with Crippen molar-refractivity contribution >= 4 is 45.8 Å². The summed E-state index contributed by atoms with van der Waals surface area (Å²) in [6.07, 6.45) is 2.78. The first kappa shape index (κ1) is 23.0. The van der Waals surface area contributed by atoms with Crippen molar-refractivity contribution in [3.05, 3.63) is 44.5 Å². The number of fused-ring (bicyclic) bond motifs is 1. The highest BCUT2D eigenvalue weighted by Crippen LogP contribution is 2.38. The lowest BCUT2D eigenvalue weighted by molar-refractivity contribution is -0.111. The lowest BCUT2D eigenvalue weighted by atomic mass is 9.94. The average Bonchev–Trinajstić information content (AvgIpc) is 3.38. The molecule has 2 amide bonds. The molecule has 164 valence electrons. The minimum Gasteiger partial charge on any atom is -0.446 e. The van der Waals surface area contributed by atoms with Gasteiger partial charge in [0.15, 0.2) is 0 Å². The number of amides is 2. The Morgan fingerprint density at radius 1 is 1.52 bits per heavy atom. The summed E-state index contributed by atoms with van der Waals surface area (Å²) in [5.74, 6) is -0.310. The van der Waals surface area contributed by atoms with Crippen LogP contribution in [0.3, 0.4) is 0 Å². The van der Waals surface area contributed by atoms with E-state index in [2.05, 4.69) is 11.4 Å². The van der Waals surface area contributed by atoms with Gasteiger partial charge >= 0.3 is 6.09 Å². The van der Waals surface area contributed by atoms with Crippen LogP contribution in [0.1, 0.15) is 27.3 Å². The Labute approximate surface area is 188 Å². The normalized spacial score (nSPS) is 16.4. The number of ether oxygens (including phenoxy) is 1. The van der Waals surface area contributed by atoms with Gasteiger partial charge in [0, 0.05) is 29.3 Å². The van der Waals surface area contributed by atoms with Gasteiger partial charge < -0.3 is 25.2 Å². The largest absolute Gasteiger partial charge is 0.446 e. The van der Waals surface area contributed by atoms with Crippen molar-refractivity contribution < 1.29 is 24.5 Å². The molecule has 2 atom stereocenters. The van der Waals surface area contributed by atoms with Crippen LogP contribution in [0.25, 0.3) is 6.08 Å². The van der Waals surface area contributed by atoms with Gasteiger partial charge in [-0.2, -0.15) is 5.26 Å². The maximum Gasteiger partial charge on any atom is 0.409 e. The quantitative estimate of drug-likeness (QED) is 0.545. The number of hydrogen-bond donors (Lipinski definition) is 3. The number of thiophene rings is 2. The maximum absolute atomic E-state index is 12.3. The van der Waals surface area contributed by atoms with Gasteiger partial charge in [-0.05, 0) is 35.9 Å². The standard InChI is InChI=1S/C21H23N3O5S2/c1-24(11-13(26)12-25)21(28)29-14-4-6-16-17(10-22)20(31-18(16)9-14)23-19(27)7-5-15-3-2-8-30-15/h2-3,5,7-8,13-14,25-26H,4,6,9,11-12H2,1H3,(H,23,27). The van der Waals surface area contributed by atoms with Gasteiger partial charge in [-0.15, -0.1) is 22.7 Å². The van der Waals surface area contributed by atoms with Gasteiger partial charge in [-0.1, -0.05) is 6.07 Å². The molecule has 0 aromatic carbocycles. The smallest absolute Gasteiger partial charge is 0.409 e. The number of carbonyl (C=O) groups is 2. The monoisotopic (exact) mass is 461 g/mol. The first-order valence-electron chi connectivity index (χ1n) is 9.69. The van der Waals surface area contributed by atoms with Crippen LogP contribution < -0.4 is 5.32 Å². The summed E-state index contributed by atoms with van der Waals surface area (Å²) in [6, 6.07) is 5.99. The predicted molar refractivity (Wildman–Crippen MR) is 119 cm³/mol. The Kier molecular flexibility index (Phi) is 7.81. The first-order valence-corrected chi connectivity index (χ1v) is 11.4. The molecule has 8 nitrogen and oxygen atoms in total. The van der Waals surface area contributed by atoms with Gasteiger partial charge in [0.1, 0.15) is 17.2 Å². The molecule has 0 fully saturated rings. The topological polar surface area (TPSA) is 123 Å². The van der Waals surface area contributed by atoms with Crippen LogP contribution in [0, 0.1) is 11.3 Å². The predicted octanol–water partition coefficient (Wildman–Crippen LogP) is 2.61. The number of aliphatic hydroxyl groups excluding tert-OH is 2. The Morgan fingerprint density at radius 3 is 3.00 bits per heavy atom. The van der Waals surface area contributed by atoms with Crippen molar-refractivity contribution in [1.82, 2.24) is 4.90 Å². The molecule has 2 heterocycles. The van der Waals surface area contributed by atoms with E-state index in [4.69, 9.17) is 9.84 Å². The van der Waals surface area contributed by atoms with Gasteiger partial charge in [-0.25, -0.2) is 4.79 Å². The lowest BCUT2D eigenvalue weighted by Crippen LogP contribution is -2.38. The number of nitriles is 1. The average molecular weight is 462 g/mol. The summed E-state index contributed by atoms with van der Waals surface area (Å²) in [5.41, 5.74) is 1.35. The zero-order valence-electron chi connectivity index (χ0n) is 16.9. The summed E-state index contributed by atoms with van der Waals surface area (Å²) in [7, 11) is 1.49. The summed E-state index contributed by atoms with van der Waals surface area (Å²) < 4.78 is 5.52. The van der Waals surface area contributed by atoms with Crippen LogP contribution in [0.15, 0.2) is 23.6 Å². The van der Waals surface area contributed by atoms with E-state index in [1.54, 1.807) is 6.08 Å². The summed E-state index contributed by atoms with van der Waals surface area (Å²) in [4.78, 5) is 27.6. The Hall–Kier alpha value is -2.71. The van der Waals surface area contributed by atoms with E-state index in [9.17, 15) is 20.0 Å². The molecule has 1 aliphatic rings. The molecule has 2 unspecified atom stereocenters. The Bertz CT molecular complexity index is 994. The van der Waals surface area contributed by atoms with Crippen LogP contribution in [-0.4, -0.2) is 59.5 Å². The van der Waals surface area contributed by atoms with Crippen molar-refractivity contribution in [1.29, 1.82) is 5.26 Å². The fraction of sp³-hybridized carbons (Fsp3) is 0.381. The summed E-state index contributed by atoms with van der Waals surface area (Å²) in [6.45, 7) is -0.465. The summed E-state index contributed by atoms with van der Waals surface area (Å²) >= 11 is 2.85. The molecule has 3 rings (SSSR count). The SMILES string of the molecule is CN(CC(O)CO)C(=O)OC1CCc2c(sc(NC(=O)C=Cc3cccs3)c2C#N)C1. The number of hydrogen-bond acceptors (Lipinski definition) is 8. The zero-order chi connectivity index (χ0) is 22.4. The first-order chi connectivity index (χ1) is 14.9. The third-order valence-electron chi connectivity index (χ3n) is 4.79. The molecule has 0 aliphatic heterocycles. The Morgan fingerprint density at radius 2 is 2.32 bits per heavy atom. The number of rotatable bonds is 7. The van der Waals surface area contributed by atoms with Gasteiger partial charge in [0.05, 0.1) is 24.8 Å². The molecule has 0 bridgehead atoms. The fourth-order valence-corrected chi connectivity index (χ4v) is 5.12. The van der Waals surface area contributed by atoms with E-state index in [1.807, 2.05) is 17.5 Å². The number of nitrogens with zero attached hydrogens (tertiary/aromatic N) is 2. The molecule has 0 saturated carbocycles. The molecule has 0 saturated heterocycles. The van der Waals surface area contributed by atoms with Crippen LogP contribution >= 0.6 is 22.7 Å². The maximum atomic E-state index is 12.3. The van der Waals surface area contributed by atoms with Crippen LogP contribution in [-0.2, 0) is 22.4 Å². The molecule has 10 heteroatoms. The van der Waals surface area contributed by atoms with Crippen LogP contribution in [0.2, 0.25) is 0 Å². The molecule has 3 N–H and O–H groups in total. The van der Waals surface area contributed by atoms with Gasteiger partial charge in [0.2, 0.25) is 5.91 Å². The number of anilines is 1. The third kappa shape index (κ3) is 5.92. The summed E-state index contributed by atoms with van der Waals surface area (Å²) in [5, 5.41) is 33.2. The second-order valence-corrected chi connectivity index (χ2v) is 9.21. The number of nitrogens with one attached hydrogen (secondary N) is 1. The van der Waals surface area contributed by atoms with E-state index in [0.29, 0.717) is 29.8 Å². The fourth-order valence-electron chi connectivity index (χ4n) is 3.24. The van der Waals surface area contributed by atoms with Crippen molar-refractivity contribution in [3.8, 4) is 6.07 Å². The van der Waals surface area contributed by atoms with E-state index >= 15 is 0 Å². The molecular formula is C21H23N3O5S2. The molecule has 2 aromatic rings. The third-order valence-corrected chi connectivity index (χ3v) is 6.79. The minimum atomic E-state index is -1.02. The van der Waals surface area contributed by atoms with Crippen molar-refractivity contribution in [3.63, 3.8) is 0 Å².